The summed E-state index contributed by atoms with van der Waals surface area (Å²) in [5.41, 5.74) is 1.73. The fourth-order valence-corrected chi connectivity index (χ4v) is 2.07. The van der Waals surface area contributed by atoms with E-state index in [-0.39, 0.29) is 17.4 Å². The van der Waals surface area contributed by atoms with Gasteiger partial charge in [-0.15, -0.1) is 0 Å². The molecule has 2 amide bonds. The van der Waals surface area contributed by atoms with Gasteiger partial charge in [-0.1, -0.05) is 36.4 Å². The number of carbonyl (C=O) groups is 2. The zero-order valence-electron chi connectivity index (χ0n) is 14.2. The Balaban J connectivity index is 2.02. The number of rotatable bonds is 4. The van der Waals surface area contributed by atoms with E-state index < -0.39 is 0 Å². The molecule has 0 heterocycles. The standard InChI is InChI=1S/C20H22N2O2/c1-20(2,3)22-19(24)16-10-7-11-17(14-16)21-18(23)13-12-15-8-5-4-6-9-15/h4-14H,1-3H3,(H,21,23)(H,22,24)/b13-12-. The third-order valence-electron chi connectivity index (χ3n) is 3.11. The number of carbonyl (C=O) groups excluding carboxylic acids is 2. The molecular formula is C20H22N2O2. The van der Waals surface area contributed by atoms with Crippen molar-refractivity contribution in [3.8, 4) is 0 Å². The van der Waals surface area contributed by atoms with Gasteiger partial charge in [0.15, 0.2) is 0 Å². The van der Waals surface area contributed by atoms with Crippen molar-refractivity contribution < 1.29 is 9.59 Å². The number of nitrogens with one attached hydrogen (secondary N) is 2. The Morgan fingerprint density at radius 3 is 2.33 bits per heavy atom. The predicted octanol–water partition coefficient (Wildman–Crippen LogP) is 3.87. The smallest absolute Gasteiger partial charge is 0.251 e. The lowest BCUT2D eigenvalue weighted by Gasteiger charge is -2.20. The Bertz CT molecular complexity index is 744. The number of hydrogen-bond acceptors (Lipinski definition) is 2. The average molecular weight is 322 g/mol. The highest BCUT2D eigenvalue weighted by molar-refractivity contribution is 6.03. The maximum absolute atomic E-state index is 12.2. The molecule has 0 aliphatic heterocycles. The van der Waals surface area contributed by atoms with Crippen molar-refractivity contribution in [1.82, 2.24) is 5.32 Å². The molecule has 4 heteroatoms. The van der Waals surface area contributed by atoms with E-state index in [1.807, 2.05) is 51.1 Å². The minimum atomic E-state index is -0.311. The topological polar surface area (TPSA) is 58.2 Å². The summed E-state index contributed by atoms with van der Waals surface area (Å²) in [5, 5.41) is 5.66. The second kappa shape index (κ2) is 7.59. The molecule has 0 bridgehead atoms. The van der Waals surface area contributed by atoms with Crippen LogP contribution in [0.4, 0.5) is 5.69 Å². The van der Waals surface area contributed by atoms with Crippen LogP contribution in [0, 0.1) is 0 Å². The molecule has 2 N–H and O–H groups in total. The summed E-state index contributed by atoms with van der Waals surface area (Å²) in [7, 11) is 0. The lowest BCUT2D eigenvalue weighted by molar-refractivity contribution is -0.111. The molecule has 2 aromatic carbocycles. The highest BCUT2D eigenvalue weighted by atomic mass is 16.2. The first-order chi connectivity index (χ1) is 11.3. The fraction of sp³-hybridized carbons (Fsp3) is 0.200. The first kappa shape index (κ1) is 17.5. The van der Waals surface area contributed by atoms with Crippen LogP contribution < -0.4 is 10.6 Å². The molecular weight excluding hydrogens is 300 g/mol. The van der Waals surface area contributed by atoms with Crippen molar-refractivity contribution >= 4 is 23.6 Å². The molecule has 0 saturated heterocycles. The van der Waals surface area contributed by atoms with Crippen molar-refractivity contribution in [3.05, 3.63) is 71.8 Å². The van der Waals surface area contributed by atoms with Gasteiger partial charge in [-0.3, -0.25) is 9.59 Å². The molecule has 0 aliphatic rings. The van der Waals surface area contributed by atoms with Crippen LogP contribution in [-0.4, -0.2) is 17.4 Å². The number of hydrogen-bond donors (Lipinski definition) is 2. The van der Waals surface area contributed by atoms with Gasteiger partial charge in [-0.25, -0.2) is 0 Å². The van der Waals surface area contributed by atoms with Gasteiger partial charge in [0.1, 0.15) is 0 Å². The lowest BCUT2D eigenvalue weighted by atomic mass is 10.1. The molecule has 4 nitrogen and oxygen atoms in total. The Morgan fingerprint density at radius 2 is 1.67 bits per heavy atom. The minimum Gasteiger partial charge on any atom is -0.347 e. The lowest BCUT2D eigenvalue weighted by Crippen LogP contribution is -2.40. The highest BCUT2D eigenvalue weighted by Crippen LogP contribution is 2.12. The zero-order chi connectivity index (χ0) is 17.6. The molecule has 2 aromatic rings. The fourth-order valence-electron chi connectivity index (χ4n) is 2.07. The van der Waals surface area contributed by atoms with Gasteiger partial charge in [0.2, 0.25) is 5.91 Å². The Morgan fingerprint density at radius 1 is 0.958 bits per heavy atom. The van der Waals surface area contributed by atoms with Crippen LogP contribution in [0.2, 0.25) is 0 Å². The van der Waals surface area contributed by atoms with E-state index in [9.17, 15) is 9.59 Å². The second-order valence-electron chi connectivity index (χ2n) is 6.52. The molecule has 0 fully saturated rings. The minimum absolute atomic E-state index is 0.168. The van der Waals surface area contributed by atoms with Gasteiger partial charge >= 0.3 is 0 Å². The SMILES string of the molecule is CC(C)(C)NC(=O)c1cccc(NC(=O)/C=C\c2ccccc2)c1. The Hall–Kier alpha value is -2.88. The Labute approximate surface area is 142 Å². The normalized spacial score (nSPS) is 11.3. The van der Waals surface area contributed by atoms with Crippen molar-refractivity contribution in [2.24, 2.45) is 0 Å². The van der Waals surface area contributed by atoms with E-state index in [0.29, 0.717) is 11.3 Å². The van der Waals surface area contributed by atoms with Crippen molar-refractivity contribution in [1.29, 1.82) is 0 Å². The predicted molar refractivity (Wildman–Crippen MR) is 97.8 cm³/mol. The molecule has 0 saturated carbocycles. The highest BCUT2D eigenvalue weighted by Gasteiger charge is 2.15. The average Bonchev–Trinajstić information content (AvgIpc) is 2.52. The summed E-state index contributed by atoms with van der Waals surface area (Å²) < 4.78 is 0. The Kier molecular flexibility index (Phi) is 5.53. The van der Waals surface area contributed by atoms with Crippen LogP contribution in [0.15, 0.2) is 60.7 Å². The van der Waals surface area contributed by atoms with Gasteiger partial charge < -0.3 is 10.6 Å². The van der Waals surface area contributed by atoms with Crippen LogP contribution in [0.5, 0.6) is 0 Å². The van der Waals surface area contributed by atoms with Gasteiger partial charge in [0.05, 0.1) is 0 Å². The van der Waals surface area contributed by atoms with E-state index in [2.05, 4.69) is 10.6 Å². The molecule has 0 spiro atoms. The van der Waals surface area contributed by atoms with Gasteiger partial charge in [-0.2, -0.15) is 0 Å². The van der Waals surface area contributed by atoms with Gasteiger partial charge in [0.25, 0.3) is 5.91 Å². The van der Waals surface area contributed by atoms with Crippen molar-refractivity contribution in [2.45, 2.75) is 26.3 Å². The van der Waals surface area contributed by atoms with E-state index in [1.165, 1.54) is 6.08 Å². The molecule has 0 radical (unpaired) electrons. The summed E-state index contributed by atoms with van der Waals surface area (Å²) in [6, 6.07) is 16.5. The van der Waals surface area contributed by atoms with E-state index in [1.54, 1.807) is 30.3 Å². The molecule has 0 unspecified atom stereocenters. The van der Waals surface area contributed by atoms with Crippen LogP contribution in [0.3, 0.4) is 0 Å². The summed E-state index contributed by atoms with van der Waals surface area (Å²) >= 11 is 0. The summed E-state index contributed by atoms with van der Waals surface area (Å²) in [5.74, 6) is -0.411. The largest absolute Gasteiger partial charge is 0.347 e. The quantitative estimate of drug-likeness (QED) is 0.840. The van der Waals surface area contributed by atoms with E-state index in [0.717, 1.165) is 5.56 Å². The van der Waals surface area contributed by atoms with Gasteiger partial charge in [0, 0.05) is 22.9 Å². The zero-order valence-corrected chi connectivity index (χ0v) is 14.2. The first-order valence-corrected chi connectivity index (χ1v) is 7.80. The molecule has 124 valence electrons. The summed E-state index contributed by atoms with van der Waals surface area (Å²) in [4.78, 5) is 24.2. The van der Waals surface area contributed by atoms with Crippen LogP contribution in [0.25, 0.3) is 6.08 Å². The monoisotopic (exact) mass is 322 g/mol. The van der Waals surface area contributed by atoms with Crippen LogP contribution in [-0.2, 0) is 4.79 Å². The first-order valence-electron chi connectivity index (χ1n) is 7.80. The molecule has 0 aromatic heterocycles. The van der Waals surface area contributed by atoms with Crippen molar-refractivity contribution in [3.63, 3.8) is 0 Å². The number of amides is 2. The molecule has 24 heavy (non-hydrogen) atoms. The van der Waals surface area contributed by atoms with Crippen LogP contribution in [0.1, 0.15) is 36.7 Å². The second-order valence-corrected chi connectivity index (χ2v) is 6.52. The molecule has 0 atom stereocenters. The summed E-state index contributed by atoms with van der Waals surface area (Å²) in [6.45, 7) is 5.76. The third-order valence-corrected chi connectivity index (χ3v) is 3.11. The maximum atomic E-state index is 12.2. The van der Waals surface area contributed by atoms with Crippen molar-refractivity contribution in [2.75, 3.05) is 5.32 Å². The third kappa shape index (κ3) is 5.72. The molecule has 0 aliphatic carbocycles. The van der Waals surface area contributed by atoms with Gasteiger partial charge in [-0.05, 0) is 50.6 Å². The number of anilines is 1. The van der Waals surface area contributed by atoms with E-state index in [4.69, 9.17) is 0 Å². The summed E-state index contributed by atoms with van der Waals surface area (Å²) in [6.07, 6.45) is 3.21. The van der Waals surface area contributed by atoms with Crippen LogP contribution >= 0.6 is 0 Å². The molecule has 2 rings (SSSR count). The maximum Gasteiger partial charge on any atom is 0.251 e. The number of benzene rings is 2. The van der Waals surface area contributed by atoms with E-state index >= 15 is 0 Å².